The molecule has 0 bridgehead atoms. The van der Waals surface area contributed by atoms with Gasteiger partial charge in [0.15, 0.2) is 6.10 Å². The van der Waals surface area contributed by atoms with Crippen LogP contribution in [0, 0.1) is 0 Å². The smallest absolute Gasteiger partial charge is 0.151 e. The van der Waals surface area contributed by atoms with Gasteiger partial charge in [-0.15, -0.1) is 0 Å². The summed E-state index contributed by atoms with van der Waals surface area (Å²) < 4.78 is 12.1. The third-order valence-electron chi connectivity index (χ3n) is 3.43. The van der Waals surface area contributed by atoms with Crippen molar-refractivity contribution in [2.75, 3.05) is 19.7 Å². The number of hydrogen-bond donors (Lipinski definition) is 1. The molecule has 0 aliphatic carbocycles. The van der Waals surface area contributed by atoms with Crippen molar-refractivity contribution in [2.45, 2.75) is 12.2 Å². The zero-order chi connectivity index (χ0) is 13.6. The highest BCUT2D eigenvalue weighted by atomic mass is 16.5. The van der Waals surface area contributed by atoms with Gasteiger partial charge in [-0.1, -0.05) is 48.5 Å². The maximum atomic E-state index is 6.18. The highest BCUT2D eigenvalue weighted by Gasteiger charge is 2.27. The minimum absolute atomic E-state index is 0.0337. The standard InChI is InChI=1S/C17H19NO2/c1-3-7-14(8-4-1)17(16-13-18-11-12-19-16)20-15-9-5-2-6-10-15/h1-10,16-18H,11-13H2/t16-,17-/m0/s1. The molecule has 0 radical (unpaired) electrons. The average molecular weight is 269 g/mol. The van der Waals surface area contributed by atoms with Gasteiger partial charge in [-0.3, -0.25) is 0 Å². The summed E-state index contributed by atoms with van der Waals surface area (Å²) >= 11 is 0. The minimum Gasteiger partial charge on any atom is -0.483 e. The van der Waals surface area contributed by atoms with E-state index in [1.54, 1.807) is 0 Å². The molecule has 0 aromatic heterocycles. The normalized spacial score (nSPS) is 20.3. The molecule has 2 aromatic rings. The van der Waals surface area contributed by atoms with Crippen molar-refractivity contribution in [3.8, 4) is 5.75 Å². The molecule has 0 spiro atoms. The van der Waals surface area contributed by atoms with E-state index in [2.05, 4.69) is 17.4 Å². The Morgan fingerprint density at radius 3 is 2.35 bits per heavy atom. The second kappa shape index (κ2) is 6.55. The van der Waals surface area contributed by atoms with E-state index in [-0.39, 0.29) is 12.2 Å². The van der Waals surface area contributed by atoms with Crippen molar-refractivity contribution in [1.29, 1.82) is 0 Å². The SMILES string of the molecule is c1ccc(O[C@@H](c2ccccc2)[C@@H]2CNCCO2)cc1. The second-order valence-corrected chi connectivity index (χ2v) is 4.88. The quantitative estimate of drug-likeness (QED) is 0.926. The van der Waals surface area contributed by atoms with Gasteiger partial charge in [0, 0.05) is 13.1 Å². The topological polar surface area (TPSA) is 30.5 Å². The van der Waals surface area contributed by atoms with Crippen molar-refractivity contribution >= 4 is 0 Å². The van der Waals surface area contributed by atoms with E-state index in [4.69, 9.17) is 9.47 Å². The van der Waals surface area contributed by atoms with Crippen LogP contribution in [0.25, 0.3) is 0 Å². The fourth-order valence-electron chi connectivity index (χ4n) is 2.43. The van der Waals surface area contributed by atoms with Gasteiger partial charge in [-0.05, 0) is 17.7 Å². The number of morpholine rings is 1. The zero-order valence-electron chi connectivity index (χ0n) is 11.4. The third kappa shape index (κ3) is 3.18. The summed E-state index contributed by atoms with van der Waals surface area (Å²) in [6.07, 6.45) is -0.0576. The summed E-state index contributed by atoms with van der Waals surface area (Å²) in [5.74, 6) is 0.871. The van der Waals surface area contributed by atoms with E-state index in [0.29, 0.717) is 0 Å². The molecule has 1 N–H and O–H groups in total. The van der Waals surface area contributed by atoms with Crippen LogP contribution in [0.5, 0.6) is 5.75 Å². The molecule has 1 aliphatic heterocycles. The Morgan fingerprint density at radius 2 is 1.70 bits per heavy atom. The zero-order valence-corrected chi connectivity index (χ0v) is 11.4. The number of ether oxygens (including phenoxy) is 2. The fraction of sp³-hybridized carbons (Fsp3) is 0.294. The summed E-state index contributed by atoms with van der Waals surface area (Å²) in [6, 6.07) is 20.2. The van der Waals surface area contributed by atoms with Crippen LogP contribution in [0.3, 0.4) is 0 Å². The molecule has 0 unspecified atom stereocenters. The highest BCUT2D eigenvalue weighted by Crippen LogP contribution is 2.27. The van der Waals surface area contributed by atoms with Gasteiger partial charge < -0.3 is 14.8 Å². The average Bonchev–Trinajstić information content (AvgIpc) is 2.55. The first-order valence-corrected chi connectivity index (χ1v) is 7.02. The van der Waals surface area contributed by atoms with Crippen LogP contribution in [0.15, 0.2) is 60.7 Å². The van der Waals surface area contributed by atoms with E-state index in [1.165, 1.54) is 0 Å². The monoisotopic (exact) mass is 269 g/mol. The maximum absolute atomic E-state index is 6.18. The van der Waals surface area contributed by atoms with Crippen LogP contribution in [0.1, 0.15) is 11.7 Å². The molecule has 2 aromatic carbocycles. The molecule has 3 nitrogen and oxygen atoms in total. The Balaban J connectivity index is 1.83. The predicted molar refractivity (Wildman–Crippen MR) is 78.9 cm³/mol. The van der Waals surface area contributed by atoms with Gasteiger partial charge in [0.05, 0.1) is 6.61 Å². The number of rotatable bonds is 4. The molecule has 1 heterocycles. The first-order chi connectivity index (χ1) is 9.93. The van der Waals surface area contributed by atoms with E-state index < -0.39 is 0 Å². The summed E-state index contributed by atoms with van der Waals surface area (Å²) in [6.45, 7) is 2.45. The number of hydrogen-bond acceptors (Lipinski definition) is 3. The van der Waals surface area contributed by atoms with Gasteiger partial charge in [-0.2, -0.15) is 0 Å². The molecule has 0 saturated carbocycles. The highest BCUT2D eigenvalue weighted by molar-refractivity contribution is 5.25. The third-order valence-corrected chi connectivity index (χ3v) is 3.43. The molecule has 20 heavy (non-hydrogen) atoms. The molecule has 2 atom stereocenters. The van der Waals surface area contributed by atoms with Gasteiger partial charge in [-0.25, -0.2) is 0 Å². The molecule has 3 rings (SSSR count). The van der Waals surface area contributed by atoms with E-state index in [9.17, 15) is 0 Å². The summed E-state index contributed by atoms with van der Waals surface area (Å²) in [7, 11) is 0. The predicted octanol–water partition coefficient (Wildman–Crippen LogP) is 2.80. The van der Waals surface area contributed by atoms with Crippen LogP contribution in [0.4, 0.5) is 0 Å². The van der Waals surface area contributed by atoms with Crippen LogP contribution < -0.4 is 10.1 Å². The van der Waals surface area contributed by atoms with Crippen molar-refractivity contribution in [2.24, 2.45) is 0 Å². The Labute approximate surface area is 119 Å². The van der Waals surface area contributed by atoms with Crippen LogP contribution in [-0.4, -0.2) is 25.8 Å². The summed E-state index contributed by atoms with van der Waals surface area (Å²) in [5.41, 5.74) is 1.14. The van der Waals surface area contributed by atoms with Crippen molar-refractivity contribution in [3.63, 3.8) is 0 Å². The van der Waals surface area contributed by atoms with Gasteiger partial charge in [0.1, 0.15) is 11.9 Å². The Bertz CT molecular complexity index is 509. The Morgan fingerprint density at radius 1 is 1.00 bits per heavy atom. The van der Waals surface area contributed by atoms with Gasteiger partial charge in [0.2, 0.25) is 0 Å². The molecular formula is C17H19NO2. The first kappa shape index (κ1) is 13.2. The lowest BCUT2D eigenvalue weighted by Crippen LogP contribution is -2.43. The number of para-hydroxylation sites is 1. The molecule has 1 aliphatic rings. The summed E-state index contributed by atoms with van der Waals surface area (Å²) in [5, 5.41) is 3.37. The lowest BCUT2D eigenvalue weighted by atomic mass is 10.0. The Kier molecular flexibility index (Phi) is 4.31. The fourth-order valence-corrected chi connectivity index (χ4v) is 2.43. The van der Waals surface area contributed by atoms with Crippen LogP contribution >= 0.6 is 0 Å². The van der Waals surface area contributed by atoms with Crippen molar-refractivity contribution < 1.29 is 9.47 Å². The van der Waals surface area contributed by atoms with E-state index in [0.717, 1.165) is 31.0 Å². The van der Waals surface area contributed by atoms with Crippen molar-refractivity contribution in [3.05, 3.63) is 66.2 Å². The molecule has 3 heteroatoms. The molecular weight excluding hydrogens is 250 g/mol. The van der Waals surface area contributed by atoms with E-state index in [1.807, 2.05) is 48.5 Å². The Hall–Kier alpha value is -1.84. The first-order valence-electron chi connectivity index (χ1n) is 7.02. The van der Waals surface area contributed by atoms with Crippen LogP contribution in [0.2, 0.25) is 0 Å². The molecule has 104 valence electrons. The summed E-state index contributed by atoms with van der Waals surface area (Å²) in [4.78, 5) is 0. The lowest BCUT2D eigenvalue weighted by molar-refractivity contribution is -0.0432. The second-order valence-electron chi connectivity index (χ2n) is 4.88. The number of nitrogens with one attached hydrogen (secondary N) is 1. The maximum Gasteiger partial charge on any atom is 0.151 e. The van der Waals surface area contributed by atoms with Gasteiger partial charge in [0.25, 0.3) is 0 Å². The van der Waals surface area contributed by atoms with E-state index >= 15 is 0 Å². The molecule has 1 saturated heterocycles. The van der Waals surface area contributed by atoms with Gasteiger partial charge >= 0.3 is 0 Å². The molecule has 1 fully saturated rings. The van der Waals surface area contributed by atoms with Crippen LogP contribution in [-0.2, 0) is 4.74 Å². The van der Waals surface area contributed by atoms with Crippen molar-refractivity contribution in [1.82, 2.24) is 5.32 Å². The molecule has 0 amide bonds. The number of benzene rings is 2. The lowest BCUT2D eigenvalue weighted by Gasteiger charge is -2.31. The largest absolute Gasteiger partial charge is 0.483 e. The minimum atomic E-state index is -0.0913.